The molecule has 0 bridgehead atoms. The lowest BCUT2D eigenvalue weighted by Gasteiger charge is -2.20. The number of aliphatic hydroxyl groups excluding tert-OH is 1. The van der Waals surface area contributed by atoms with Crippen molar-refractivity contribution in [1.29, 1.82) is 0 Å². The second-order valence-corrected chi connectivity index (χ2v) is 7.86. The van der Waals surface area contributed by atoms with Crippen LogP contribution in [0.5, 0.6) is 0 Å². The predicted molar refractivity (Wildman–Crippen MR) is 76.7 cm³/mol. The summed E-state index contributed by atoms with van der Waals surface area (Å²) in [6, 6.07) is 0.966. The summed E-state index contributed by atoms with van der Waals surface area (Å²) in [5.74, 6) is -1.11. The molecule has 1 heterocycles. The van der Waals surface area contributed by atoms with E-state index >= 15 is 0 Å². The highest BCUT2D eigenvalue weighted by atomic mass is 32.2. The molecule has 0 spiro atoms. The van der Waals surface area contributed by atoms with Gasteiger partial charge in [0.05, 0.1) is 0 Å². The second kappa shape index (κ2) is 6.66. The van der Waals surface area contributed by atoms with Gasteiger partial charge in [0.2, 0.25) is 10.0 Å². The van der Waals surface area contributed by atoms with Crippen LogP contribution in [0, 0.1) is 12.8 Å². The van der Waals surface area contributed by atoms with E-state index < -0.39 is 16.0 Å². The molecule has 0 aromatic carbocycles. The SMILES string of the molecule is Cc1cc(S(=O)(=O)NC(CCO)C(C)C)sc1C(=O)O. The molecule has 1 aromatic rings. The van der Waals surface area contributed by atoms with Gasteiger partial charge in [-0.3, -0.25) is 0 Å². The van der Waals surface area contributed by atoms with Gasteiger partial charge in [0.25, 0.3) is 0 Å². The molecule has 0 aliphatic carbocycles. The number of carboxylic acid groups (broad SMARTS) is 1. The third-order valence-corrected chi connectivity index (χ3v) is 6.09. The molecule has 8 heteroatoms. The van der Waals surface area contributed by atoms with E-state index in [0.717, 1.165) is 11.3 Å². The molecule has 1 aromatic heterocycles. The predicted octanol–water partition coefficient (Wildman–Crippen LogP) is 1.44. The van der Waals surface area contributed by atoms with Crippen molar-refractivity contribution < 1.29 is 23.4 Å². The van der Waals surface area contributed by atoms with Crippen molar-refractivity contribution >= 4 is 27.3 Å². The normalized spacial score (nSPS) is 13.7. The molecule has 0 saturated carbocycles. The lowest BCUT2D eigenvalue weighted by Crippen LogP contribution is -2.38. The first-order chi connectivity index (χ1) is 9.19. The Kier molecular flexibility index (Phi) is 5.69. The molecule has 0 radical (unpaired) electrons. The third-order valence-electron chi connectivity index (χ3n) is 2.91. The summed E-state index contributed by atoms with van der Waals surface area (Å²) in [6.45, 7) is 5.15. The summed E-state index contributed by atoms with van der Waals surface area (Å²) in [4.78, 5) is 11.0. The Balaban J connectivity index is 3.04. The molecule has 0 saturated heterocycles. The number of hydrogen-bond donors (Lipinski definition) is 3. The molecule has 0 aliphatic rings. The van der Waals surface area contributed by atoms with Crippen LogP contribution in [0.3, 0.4) is 0 Å². The van der Waals surface area contributed by atoms with Crippen molar-refractivity contribution in [1.82, 2.24) is 4.72 Å². The largest absolute Gasteiger partial charge is 0.477 e. The van der Waals surface area contributed by atoms with Crippen LogP contribution in [0.4, 0.5) is 0 Å². The molecular weight excluding hydrogens is 302 g/mol. The van der Waals surface area contributed by atoms with Crippen LogP contribution in [-0.4, -0.2) is 37.2 Å². The Morgan fingerprint density at radius 1 is 1.45 bits per heavy atom. The van der Waals surface area contributed by atoms with Crippen molar-refractivity contribution in [3.63, 3.8) is 0 Å². The number of aliphatic hydroxyl groups is 1. The standard InChI is InChI=1S/C12H19NO5S2/c1-7(2)9(4-5-14)13-20(17,18)10-6-8(3)11(19-10)12(15)16/h6-7,9,13-14H,4-5H2,1-3H3,(H,15,16). The number of aryl methyl sites for hydroxylation is 1. The number of carboxylic acids is 1. The van der Waals surface area contributed by atoms with Crippen LogP contribution in [0.25, 0.3) is 0 Å². The van der Waals surface area contributed by atoms with Crippen molar-refractivity contribution in [3.05, 3.63) is 16.5 Å². The molecule has 114 valence electrons. The average molecular weight is 321 g/mol. The minimum absolute atomic E-state index is 0.0176. The fourth-order valence-electron chi connectivity index (χ4n) is 1.72. The van der Waals surface area contributed by atoms with Gasteiger partial charge in [-0.2, -0.15) is 0 Å². The molecular formula is C12H19NO5S2. The minimum atomic E-state index is -3.77. The van der Waals surface area contributed by atoms with Gasteiger partial charge in [-0.25, -0.2) is 17.9 Å². The molecule has 1 unspecified atom stereocenters. The Hall–Kier alpha value is -0.960. The fraction of sp³-hybridized carbons (Fsp3) is 0.583. The van der Waals surface area contributed by atoms with E-state index in [1.807, 2.05) is 13.8 Å². The average Bonchev–Trinajstić information content (AvgIpc) is 2.71. The zero-order chi connectivity index (χ0) is 15.5. The van der Waals surface area contributed by atoms with Gasteiger partial charge in [-0.15, -0.1) is 11.3 Å². The van der Waals surface area contributed by atoms with Crippen LogP contribution in [-0.2, 0) is 10.0 Å². The maximum Gasteiger partial charge on any atom is 0.346 e. The van der Waals surface area contributed by atoms with Crippen molar-refractivity contribution in [2.45, 2.75) is 37.4 Å². The van der Waals surface area contributed by atoms with Crippen LogP contribution in [0.1, 0.15) is 35.5 Å². The van der Waals surface area contributed by atoms with Crippen LogP contribution in [0.15, 0.2) is 10.3 Å². The lowest BCUT2D eigenvalue weighted by molar-refractivity contribution is 0.0701. The maximum atomic E-state index is 12.2. The van der Waals surface area contributed by atoms with E-state index in [4.69, 9.17) is 10.2 Å². The zero-order valence-electron chi connectivity index (χ0n) is 11.6. The van der Waals surface area contributed by atoms with E-state index in [2.05, 4.69) is 4.72 Å². The molecule has 0 aliphatic heterocycles. The first-order valence-electron chi connectivity index (χ1n) is 6.16. The number of hydrogen-bond acceptors (Lipinski definition) is 5. The third kappa shape index (κ3) is 4.02. The Bertz CT molecular complexity index is 577. The Morgan fingerprint density at radius 2 is 2.05 bits per heavy atom. The summed E-state index contributed by atoms with van der Waals surface area (Å²) < 4.78 is 27.0. The highest BCUT2D eigenvalue weighted by Gasteiger charge is 2.25. The van der Waals surface area contributed by atoms with E-state index in [-0.39, 0.29) is 27.7 Å². The van der Waals surface area contributed by atoms with E-state index in [1.54, 1.807) is 6.92 Å². The fourth-order valence-corrected chi connectivity index (χ4v) is 4.54. The van der Waals surface area contributed by atoms with Gasteiger partial charge in [0.15, 0.2) is 0 Å². The number of rotatable bonds is 7. The zero-order valence-corrected chi connectivity index (χ0v) is 13.2. The molecule has 0 amide bonds. The molecule has 0 fully saturated rings. The Morgan fingerprint density at radius 3 is 2.45 bits per heavy atom. The first-order valence-corrected chi connectivity index (χ1v) is 8.46. The van der Waals surface area contributed by atoms with E-state index in [1.165, 1.54) is 6.07 Å². The summed E-state index contributed by atoms with van der Waals surface area (Å²) in [7, 11) is -3.77. The van der Waals surface area contributed by atoms with Gasteiger partial charge in [0, 0.05) is 12.6 Å². The van der Waals surface area contributed by atoms with Crippen LogP contribution < -0.4 is 4.72 Å². The van der Waals surface area contributed by atoms with Crippen LogP contribution >= 0.6 is 11.3 Å². The molecule has 20 heavy (non-hydrogen) atoms. The van der Waals surface area contributed by atoms with E-state index in [0.29, 0.717) is 12.0 Å². The number of sulfonamides is 1. The molecule has 6 nitrogen and oxygen atoms in total. The second-order valence-electron chi connectivity index (χ2n) is 4.87. The Labute approximate surface area is 122 Å². The smallest absolute Gasteiger partial charge is 0.346 e. The van der Waals surface area contributed by atoms with Crippen molar-refractivity contribution in [2.24, 2.45) is 5.92 Å². The number of carbonyl (C=O) groups is 1. The van der Waals surface area contributed by atoms with Gasteiger partial charge < -0.3 is 10.2 Å². The molecule has 1 atom stereocenters. The summed E-state index contributed by atoms with van der Waals surface area (Å²) >= 11 is 0.734. The monoisotopic (exact) mass is 321 g/mol. The first kappa shape index (κ1) is 17.1. The van der Waals surface area contributed by atoms with Gasteiger partial charge in [-0.1, -0.05) is 13.8 Å². The summed E-state index contributed by atoms with van der Waals surface area (Å²) in [5, 5.41) is 17.9. The van der Waals surface area contributed by atoms with E-state index in [9.17, 15) is 13.2 Å². The highest BCUT2D eigenvalue weighted by molar-refractivity contribution is 7.91. The molecule has 3 N–H and O–H groups in total. The number of thiophene rings is 1. The maximum absolute atomic E-state index is 12.2. The van der Waals surface area contributed by atoms with Crippen LogP contribution in [0.2, 0.25) is 0 Å². The van der Waals surface area contributed by atoms with Gasteiger partial charge in [0.1, 0.15) is 9.09 Å². The summed E-state index contributed by atoms with van der Waals surface area (Å²) in [6.07, 6.45) is 0.313. The number of nitrogens with one attached hydrogen (secondary N) is 1. The topological polar surface area (TPSA) is 104 Å². The molecule has 1 rings (SSSR count). The summed E-state index contributed by atoms with van der Waals surface area (Å²) in [5.41, 5.74) is 0.422. The number of aromatic carboxylic acids is 1. The van der Waals surface area contributed by atoms with Crippen molar-refractivity contribution in [2.75, 3.05) is 6.61 Å². The van der Waals surface area contributed by atoms with Gasteiger partial charge >= 0.3 is 5.97 Å². The van der Waals surface area contributed by atoms with Gasteiger partial charge in [-0.05, 0) is 30.9 Å². The quantitative estimate of drug-likeness (QED) is 0.705. The minimum Gasteiger partial charge on any atom is -0.477 e. The van der Waals surface area contributed by atoms with Crippen molar-refractivity contribution in [3.8, 4) is 0 Å². The lowest BCUT2D eigenvalue weighted by atomic mass is 10.0. The highest BCUT2D eigenvalue weighted by Crippen LogP contribution is 2.26.